The zero-order valence-electron chi connectivity index (χ0n) is 11.3. The molecule has 2 N–H and O–H groups in total. The van der Waals surface area contributed by atoms with Crippen LogP contribution in [0.4, 0.5) is 4.39 Å². The third-order valence-electron chi connectivity index (χ3n) is 3.80. The number of nitrogens with zero attached hydrogens (tertiary/aromatic N) is 1. The van der Waals surface area contributed by atoms with Gasteiger partial charge in [0.15, 0.2) is 0 Å². The number of pyridine rings is 1. The molecule has 1 heterocycles. The van der Waals surface area contributed by atoms with Crippen LogP contribution in [-0.2, 0) is 4.79 Å². The van der Waals surface area contributed by atoms with Gasteiger partial charge in [-0.3, -0.25) is 9.59 Å². The SMILES string of the molecule is O=C(NCC1CCC(C(=O)O)CC1)c1cc(F)cnc1Cl. The number of hydrogen-bond donors (Lipinski definition) is 2. The third-order valence-corrected chi connectivity index (χ3v) is 4.10. The molecule has 1 aromatic heterocycles. The van der Waals surface area contributed by atoms with Gasteiger partial charge in [0, 0.05) is 6.54 Å². The highest BCUT2D eigenvalue weighted by atomic mass is 35.5. The summed E-state index contributed by atoms with van der Waals surface area (Å²) in [7, 11) is 0. The van der Waals surface area contributed by atoms with E-state index in [2.05, 4.69) is 10.3 Å². The number of amides is 1. The van der Waals surface area contributed by atoms with Crippen LogP contribution in [0, 0.1) is 17.7 Å². The average molecular weight is 315 g/mol. The fourth-order valence-electron chi connectivity index (χ4n) is 2.53. The van der Waals surface area contributed by atoms with E-state index in [1.807, 2.05) is 0 Å². The molecule has 1 aromatic rings. The monoisotopic (exact) mass is 314 g/mol. The van der Waals surface area contributed by atoms with E-state index >= 15 is 0 Å². The van der Waals surface area contributed by atoms with Crippen LogP contribution >= 0.6 is 11.6 Å². The lowest BCUT2D eigenvalue weighted by atomic mass is 9.82. The maximum Gasteiger partial charge on any atom is 0.306 e. The van der Waals surface area contributed by atoms with Crippen LogP contribution in [0.15, 0.2) is 12.3 Å². The smallest absolute Gasteiger partial charge is 0.306 e. The van der Waals surface area contributed by atoms with Crippen LogP contribution in [0.3, 0.4) is 0 Å². The Hall–Kier alpha value is -1.69. The maximum absolute atomic E-state index is 13.1. The second-order valence-electron chi connectivity index (χ2n) is 5.26. The van der Waals surface area contributed by atoms with E-state index < -0.39 is 17.7 Å². The Morgan fingerprint density at radius 3 is 2.67 bits per heavy atom. The number of carbonyl (C=O) groups is 2. The molecule has 0 atom stereocenters. The van der Waals surface area contributed by atoms with Crippen molar-refractivity contribution in [2.24, 2.45) is 11.8 Å². The molecule has 114 valence electrons. The minimum Gasteiger partial charge on any atom is -0.481 e. The van der Waals surface area contributed by atoms with Gasteiger partial charge in [-0.25, -0.2) is 9.37 Å². The van der Waals surface area contributed by atoms with Gasteiger partial charge < -0.3 is 10.4 Å². The van der Waals surface area contributed by atoms with Crippen molar-refractivity contribution >= 4 is 23.5 Å². The molecule has 0 spiro atoms. The number of nitrogens with one attached hydrogen (secondary N) is 1. The number of rotatable bonds is 4. The van der Waals surface area contributed by atoms with Crippen LogP contribution in [-0.4, -0.2) is 28.5 Å². The van der Waals surface area contributed by atoms with Crippen LogP contribution in [0.5, 0.6) is 0 Å². The quantitative estimate of drug-likeness (QED) is 0.837. The van der Waals surface area contributed by atoms with E-state index in [-0.39, 0.29) is 22.6 Å². The lowest BCUT2D eigenvalue weighted by Gasteiger charge is -2.26. The first-order valence-corrected chi connectivity index (χ1v) is 7.17. The number of aliphatic carboxylic acids is 1. The summed E-state index contributed by atoms with van der Waals surface area (Å²) in [6.45, 7) is 0.429. The fraction of sp³-hybridized carbons (Fsp3) is 0.500. The van der Waals surface area contributed by atoms with Crippen LogP contribution < -0.4 is 5.32 Å². The Labute approximate surface area is 126 Å². The average Bonchev–Trinajstić information content (AvgIpc) is 2.47. The molecule has 0 bridgehead atoms. The molecule has 0 aromatic carbocycles. The molecular formula is C14H16ClFN2O3. The summed E-state index contributed by atoms with van der Waals surface area (Å²) < 4.78 is 13.1. The van der Waals surface area contributed by atoms with Crippen molar-refractivity contribution in [2.75, 3.05) is 6.54 Å². The van der Waals surface area contributed by atoms with Crippen molar-refractivity contribution in [1.82, 2.24) is 10.3 Å². The zero-order chi connectivity index (χ0) is 15.4. The fourth-order valence-corrected chi connectivity index (χ4v) is 2.72. The summed E-state index contributed by atoms with van der Waals surface area (Å²) in [4.78, 5) is 26.4. The number of carboxylic acid groups (broad SMARTS) is 1. The third kappa shape index (κ3) is 4.14. The summed E-state index contributed by atoms with van der Waals surface area (Å²) in [5.74, 6) is -1.88. The molecule has 2 rings (SSSR count). The number of carboxylic acids is 1. The molecule has 7 heteroatoms. The molecule has 1 amide bonds. The first-order chi connectivity index (χ1) is 9.97. The lowest BCUT2D eigenvalue weighted by Crippen LogP contribution is -2.32. The van der Waals surface area contributed by atoms with Crippen molar-refractivity contribution in [3.8, 4) is 0 Å². The number of carbonyl (C=O) groups excluding carboxylic acids is 1. The topological polar surface area (TPSA) is 79.3 Å². The number of aromatic nitrogens is 1. The molecule has 0 saturated heterocycles. The van der Waals surface area contributed by atoms with Gasteiger partial charge in [0.25, 0.3) is 5.91 Å². The van der Waals surface area contributed by atoms with E-state index in [9.17, 15) is 14.0 Å². The van der Waals surface area contributed by atoms with E-state index in [1.54, 1.807) is 0 Å². The van der Waals surface area contributed by atoms with Gasteiger partial charge in [-0.15, -0.1) is 0 Å². The summed E-state index contributed by atoms with van der Waals surface area (Å²) in [6.07, 6.45) is 3.71. The van der Waals surface area contributed by atoms with Crippen molar-refractivity contribution in [3.05, 3.63) is 28.8 Å². The molecule has 1 saturated carbocycles. The Morgan fingerprint density at radius 2 is 2.05 bits per heavy atom. The second kappa shape index (κ2) is 6.85. The van der Waals surface area contributed by atoms with Crippen molar-refractivity contribution in [3.63, 3.8) is 0 Å². The molecule has 0 unspecified atom stereocenters. The Morgan fingerprint density at radius 1 is 1.38 bits per heavy atom. The van der Waals surface area contributed by atoms with Gasteiger partial charge in [0.1, 0.15) is 11.0 Å². The summed E-state index contributed by atoms with van der Waals surface area (Å²) in [5, 5.41) is 11.6. The minimum absolute atomic E-state index is 0.0101. The van der Waals surface area contributed by atoms with E-state index in [4.69, 9.17) is 16.7 Å². The van der Waals surface area contributed by atoms with E-state index in [1.165, 1.54) is 0 Å². The second-order valence-corrected chi connectivity index (χ2v) is 5.62. The van der Waals surface area contributed by atoms with Gasteiger partial charge >= 0.3 is 5.97 Å². The Bertz CT molecular complexity index is 545. The van der Waals surface area contributed by atoms with Crippen molar-refractivity contribution in [1.29, 1.82) is 0 Å². The van der Waals surface area contributed by atoms with E-state index in [0.29, 0.717) is 19.4 Å². The number of hydrogen-bond acceptors (Lipinski definition) is 3. The van der Waals surface area contributed by atoms with Crippen LogP contribution in [0.1, 0.15) is 36.0 Å². The molecule has 0 radical (unpaired) electrons. The van der Waals surface area contributed by atoms with Crippen molar-refractivity contribution in [2.45, 2.75) is 25.7 Å². The van der Waals surface area contributed by atoms with Gasteiger partial charge in [0.05, 0.1) is 17.7 Å². The van der Waals surface area contributed by atoms with Crippen LogP contribution in [0.2, 0.25) is 5.15 Å². The molecule has 1 aliphatic rings. The molecule has 0 aliphatic heterocycles. The van der Waals surface area contributed by atoms with Crippen LogP contribution in [0.25, 0.3) is 0 Å². The molecular weight excluding hydrogens is 299 g/mol. The molecule has 1 fully saturated rings. The predicted molar refractivity (Wildman–Crippen MR) is 74.6 cm³/mol. The largest absolute Gasteiger partial charge is 0.481 e. The summed E-state index contributed by atoms with van der Waals surface area (Å²) in [5.41, 5.74) is 0.0101. The summed E-state index contributed by atoms with van der Waals surface area (Å²) in [6, 6.07) is 1.05. The number of halogens is 2. The minimum atomic E-state index is -0.755. The first-order valence-electron chi connectivity index (χ1n) is 6.79. The first kappa shape index (κ1) is 15.7. The highest BCUT2D eigenvalue weighted by Gasteiger charge is 2.26. The normalized spacial score (nSPS) is 21.8. The predicted octanol–water partition coefficient (Wildman–Crippen LogP) is 2.49. The van der Waals surface area contributed by atoms with Gasteiger partial charge in [-0.1, -0.05) is 11.6 Å². The standard InChI is InChI=1S/C14H16ClFN2O3/c15-12-11(5-10(16)7-17-12)13(19)18-6-8-1-3-9(4-2-8)14(20)21/h5,7-9H,1-4,6H2,(H,18,19)(H,20,21). The molecule has 5 nitrogen and oxygen atoms in total. The summed E-state index contributed by atoms with van der Waals surface area (Å²) >= 11 is 5.76. The molecule has 21 heavy (non-hydrogen) atoms. The maximum atomic E-state index is 13.1. The zero-order valence-corrected chi connectivity index (χ0v) is 12.1. The highest BCUT2D eigenvalue weighted by molar-refractivity contribution is 6.32. The van der Waals surface area contributed by atoms with Crippen molar-refractivity contribution < 1.29 is 19.1 Å². The lowest BCUT2D eigenvalue weighted by molar-refractivity contribution is -0.143. The molecule has 1 aliphatic carbocycles. The highest BCUT2D eigenvalue weighted by Crippen LogP contribution is 2.28. The van der Waals surface area contributed by atoms with Gasteiger partial charge in [-0.05, 0) is 37.7 Å². The van der Waals surface area contributed by atoms with E-state index in [0.717, 1.165) is 25.1 Å². The Kier molecular flexibility index (Phi) is 5.12. The Balaban J connectivity index is 1.85. The van der Waals surface area contributed by atoms with Gasteiger partial charge in [0.2, 0.25) is 0 Å². The van der Waals surface area contributed by atoms with Gasteiger partial charge in [-0.2, -0.15) is 0 Å².